The third-order valence-corrected chi connectivity index (χ3v) is 5.17. The van der Waals surface area contributed by atoms with Crippen molar-refractivity contribution in [3.8, 4) is 0 Å². The second-order valence-corrected chi connectivity index (χ2v) is 7.01. The minimum Gasteiger partial charge on any atom is -0.347 e. The Morgan fingerprint density at radius 2 is 2.07 bits per heavy atom. The Balaban J connectivity index is 0.00000300. The molecular formula is C18H25FIN7OS. The smallest absolute Gasteiger partial charge is 0.243 e. The Kier molecular flexibility index (Phi) is 9.01. The van der Waals surface area contributed by atoms with Crippen LogP contribution in [-0.2, 0) is 11.2 Å². The monoisotopic (exact) mass is 533 g/mol. The second kappa shape index (κ2) is 11.2. The van der Waals surface area contributed by atoms with Crippen LogP contribution in [0.3, 0.4) is 0 Å². The highest BCUT2D eigenvalue weighted by Gasteiger charge is 2.22. The Hall–Kier alpha value is -2.02. The molecule has 1 fully saturated rings. The highest BCUT2D eigenvalue weighted by Crippen LogP contribution is 2.19. The molecule has 0 spiro atoms. The molecule has 0 bridgehead atoms. The number of nitrogens with one attached hydrogen (secondary N) is 2. The number of guanidine groups is 1. The average molecular weight is 533 g/mol. The zero-order chi connectivity index (χ0) is 19.9. The van der Waals surface area contributed by atoms with Crippen LogP contribution in [0.5, 0.6) is 0 Å². The lowest BCUT2D eigenvalue weighted by Crippen LogP contribution is -2.53. The zero-order valence-corrected chi connectivity index (χ0v) is 19.5. The number of nitrogens with zero attached hydrogens (tertiary/aromatic N) is 5. The van der Waals surface area contributed by atoms with Gasteiger partial charge in [-0.15, -0.1) is 24.0 Å². The van der Waals surface area contributed by atoms with E-state index in [1.54, 1.807) is 19.2 Å². The topological polar surface area (TPSA) is 85.8 Å². The number of aliphatic imine (C=N–C) groups is 1. The van der Waals surface area contributed by atoms with Crippen molar-refractivity contribution >= 4 is 58.2 Å². The number of halogens is 2. The Morgan fingerprint density at radius 3 is 2.69 bits per heavy atom. The van der Waals surface area contributed by atoms with Crippen molar-refractivity contribution in [2.45, 2.75) is 13.3 Å². The Bertz CT molecular complexity index is 839. The van der Waals surface area contributed by atoms with E-state index in [0.29, 0.717) is 11.6 Å². The van der Waals surface area contributed by atoms with Crippen LogP contribution in [0.15, 0.2) is 29.3 Å². The summed E-state index contributed by atoms with van der Waals surface area (Å²) in [5, 5.41) is 6.69. The summed E-state index contributed by atoms with van der Waals surface area (Å²) in [6.45, 7) is 5.27. The van der Waals surface area contributed by atoms with Gasteiger partial charge in [-0.1, -0.05) is 13.0 Å². The van der Waals surface area contributed by atoms with Crippen molar-refractivity contribution < 1.29 is 9.18 Å². The molecule has 0 radical (unpaired) electrons. The van der Waals surface area contributed by atoms with Crippen LogP contribution in [0.4, 0.5) is 15.2 Å². The first-order valence-electron chi connectivity index (χ1n) is 9.17. The molecule has 2 aromatic rings. The van der Waals surface area contributed by atoms with E-state index in [1.807, 2.05) is 6.92 Å². The first kappa shape index (κ1) is 23.3. The van der Waals surface area contributed by atoms with E-state index in [9.17, 15) is 9.18 Å². The van der Waals surface area contributed by atoms with Crippen LogP contribution in [0.25, 0.3) is 0 Å². The number of hydrogen-bond acceptors (Lipinski definition) is 6. The van der Waals surface area contributed by atoms with Gasteiger partial charge in [0.15, 0.2) is 5.96 Å². The molecule has 1 aliphatic heterocycles. The SMILES string of the molecule is CCc1nsc(N2CCN(C(=NC)NCC(=O)Nc3cccc(F)c3)CC2)n1.I. The van der Waals surface area contributed by atoms with Crippen molar-refractivity contribution in [2.24, 2.45) is 4.99 Å². The van der Waals surface area contributed by atoms with Crippen molar-refractivity contribution in [1.29, 1.82) is 0 Å². The summed E-state index contributed by atoms with van der Waals surface area (Å²) in [4.78, 5) is 25.2. The summed E-state index contributed by atoms with van der Waals surface area (Å²) >= 11 is 1.43. The number of aryl methyl sites for hydroxylation is 1. The van der Waals surface area contributed by atoms with Crippen LogP contribution in [0.1, 0.15) is 12.7 Å². The predicted octanol–water partition coefficient (Wildman–Crippen LogP) is 2.19. The average Bonchev–Trinajstić information content (AvgIpc) is 3.18. The van der Waals surface area contributed by atoms with E-state index in [1.165, 1.54) is 23.7 Å². The number of piperazine rings is 1. The highest BCUT2D eigenvalue weighted by molar-refractivity contribution is 14.0. The molecule has 1 aromatic heterocycles. The van der Waals surface area contributed by atoms with Crippen molar-refractivity contribution in [1.82, 2.24) is 19.6 Å². The largest absolute Gasteiger partial charge is 0.347 e. The maximum Gasteiger partial charge on any atom is 0.243 e. The van der Waals surface area contributed by atoms with Crippen LogP contribution in [0.2, 0.25) is 0 Å². The molecule has 1 saturated heterocycles. The van der Waals surface area contributed by atoms with Crippen LogP contribution in [0, 0.1) is 5.82 Å². The van der Waals surface area contributed by atoms with Gasteiger partial charge in [0.1, 0.15) is 11.6 Å². The molecule has 0 saturated carbocycles. The summed E-state index contributed by atoms with van der Waals surface area (Å²) in [5.41, 5.74) is 0.430. The molecular weight excluding hydrogens is 508 g/mol. The minimum absolute atomic E-state index is 0. The van der Waals surface area contributed by atoms with Gasteiger partial charge in [-0.25, -0.2) is 9.37 Å². The van der Waals surface area contributed by atoms with E-state index in [-0.39, 0.29) is 42.2 Å². The number of rotatable bonds is 5. The van der Waals surface area contributed by atoms with Gasteiger partial charge >= 0.3 is 0 Å². The predicted molar refractivity (Wildman–Crippen MR) is 125 cm³/mol. The van der Waals surface area contributed by atoms with E-state index >= 15 is 0 Å². The van der Waals surface area contributed by atoms with Crippen LogP contribution in [-0.4, -0.2) is 65.9 Å². The fourth-order valence-electron chi connectivity index (χ4n) is 2.89. The molecule has 0 aliphatic carbocycles. The zero-order valence-electron chi connectivity index (χ0n) is 16.4. The van der Waals surface area contributed by atoms with Gasteiger partial charge in [0.05, 0.1) is 6.54 Å². The summed E-state index contributed by atoms with van der Waals surface area (Å²) < 4.78 is 17.5. The first-order chi connectivity index (χ1) is 13.6. The maximum absolute atomic E-state index is 13.2. The van der Waals surface area contributed by atoms with E-state index < -0.39 is 0 Å². The molecule has 3 rings (SSSR count). The van der Waals surface area contributed by atoms with E-state index in [0.717, 1.165) is 43.6 Å². The third-order valence-electron chi connectivity index (χ3n) is 4.35. The number of benzene rings is 1. The van der Waals surface area contributed by atoms with Gasteiger partial charge in [0, 0.05) is 56.9 Å². The number of carbonyl (C=O) groups is 1. The molecule has 1 aliphatic rings. The van der Waals surface area contributed by atoms with Gasteiger partial charge < -0.3 is 20.4 Å². The number of anilines is 2. The van der Waals surface area contributed by atoms with Crippen molar-refractivity contribution in [3.63, 3.8) is 0 Å². The fraction of sp³-hybridized carbons (Fsp3) is 0.444. The molecule has 1 aromatic carbocycles. The van der Waals surface area contributed by atoms with Gasteiger partial charge in [0.25, 0.3) is 0 Å². The van der Waals surface area contributed by atoms with Gasteiger partial charge in [-0.3, -0.25) is 9.79 Å². The second-order valence-electron chi connectivity index (χ2n) is 6.28. The molecule has 8 nitrogen and oxygen atoms in total. The molecule has 29 heavy (non-hydrogen) atoms. The third kappa shape index (κ3) is 6.49. The highest BCUT2D eigenvalue weighted by atomic mass is 127. The van der Waals surface area contributed by atoms with Crippen LogP contribution < -0.4 is 15.5 Å². The van der Waals surface area contributed by atoms with Gasteiger partial charge in [-0.05, 0) is 18.2 Å². The van der Waals surface area contributed by atoms with Crippen LogP contribution >= 0.6 is 35.5 Å². The Morgan fingerprint density at radius 1 is 1.31 bits per heavy atom. The number of carbonyl (C=O) groups excluding carboxylic acids is 1. The summed E-state index contributed by atoms with van der Waals surface area (Å²) in [7, 11) is 1.69. The van der Waals surface area contributed by atoms with E-state index in [2.05, 4.69) is 34.8 Å². The lowest BCUT2D eigenvalue weighted by atomic mass is 10.3. The van der Waals surface area contributed by atoms with E-state index in [4.69, 9.17) is 0 Å². The first-order valence-corrected chi connectivity index (χ1v) is 9.95. The molecule has 158 valence electrons. The number of amides is 1. The molecule has 2 N–H and O–H groups in total. The molecule has 1 amide bonds. The lowest BCUT2D eigenvalue weighted by Gasteiger charge is -2.36. The quantitative estimate of drug-likeness (QED) is 0.349. The molecule has 0 atom stereocenters. The van der Waals surface area contributed by atoms with Gasteiger partial charge in [-0.2, -0.15) is 4.37 Å². The summed E-state index contributed by atoms with van der Waals surface area (Å²) in [6.07, 6.45) is 0.838. The Labute approximate surface area is 190 Å². The van der Waals surface area contributed by atoms with Crippen molar-refractivity contribution in [2.75, 3.05) is 50.0 Å². The number of hydrogen-bond donors (Lipinski definition) is 2. The molecule has 0 unspecified atom stereocenters. The summed E-state index contributed by atoms with van der Waals surface area (Å²) in [6, 6.07) is 5.81. The molecule has 11 heteroatoms. The van der Waals surface area contributed by atoms with Gasteiger partial charge in [0.2, 0.25) is 11.0 Å². The maximum atomic E-state index is 13.2. The lowest BCUT2D eigenvalue weighted by molar-refractivity contribution is -0.115. The normalized spacial score (nSPS) is 14.4. The molecule has 2 heterocycles. The minimum atomic E-state index is -0.388. The number of aromatic nitrogens is 2. The standard InChI is InChI=1S/C18H24FN7OS.HI/c1-3-15-23-18(28-24-15)26-9-7-25(8-10-26)17(20-2)21-12-16(27)22-14-6-4-5-13(19)11-14;/h4-6,11H,3,7-10,12H2,1-2H3,(H,20,21)(H,22,27);1H. The summed E-state index contributed by atoms with van der Waals surface area (Å²) in [5.74, 6) is 0.900. The van der Waals surface area contributed by atoms with Crippen molar-refractivity contribution in [3.05, 3.63) is 35.9 Å². The fourth-order valence-corrected chi connectivity index (χ4v) is 3.69.